The molecule has 2 aromatic heterocycles. The van der Waals surface area contributed by atoms with Gasteiger partial charge in [0.2, 0.25) is 11.7 Å². The van der Waals surface area contributed by atoms with Gasteiger partial charge in [-0.05, 0) is 45.1 Å². The van der Waals surface area contributed by atoms with E-state index in [1.54, 1.807) is 16.2 Å². The van der Waals surface area contributed by atoms with Gasteiger partial charge >= 0.3 is 6.09 Å². The Morgan fingerprint density at radius 3 is 3.00 bits per heavy atom. The Balaban J connectivity index is 1.68. The molecule has 1 aliphatic rings. The fourth-order valence-corrected chi connectivity index (χ4v) is 3.23. The van der Waals surface area contributed by atoms with Crippen molar-refractivity contribution in [1.82, 2.24) is 15.0 Å². The Morgan fingerprint density at radius 2 is 2.30 bits per heavy atom. The van der Waals surface area contributed by atoms with E-state index in [2.05, 4.69) is 10.1 Å². The van der Waals surface area contributed by atoms with Crippen molar-refractivity contribution < 1.29 is 14.1 Å². The van der Waals surface area contributed by atoms with Crippen molar-refractivity contribution in [2.24, 2.45) is 0 Å². The highest BCUT2D eigenvalue weighted by Gasteiger charge is 2.31. The van der Waals surface area contributed by atoms with E-state index in [0.717, 1.165) is 17.7 Å². The number of aromatic nitrogens is 2. The molecule has 0 radical (unpaired) electrons. The molecule has 1 fully saturated rings. The van der Waals surface area contributed by atoms with Crippen molar-refractivity contribution in [3.05, 3.63) is 23.4 Å². The van der Waals surface area contributed by atoms with Crippen molar-refractivity contribution in [3.63, 3.8) is 0 Å². The quantitative estimate of drug-likeness (QED) is 0.832. The van der Waals surface area contributed by atoms with Crippen molar-refractivity contribution >= 4 is 17.4 Å². The van der Waals surface area contributed by atoms with Crippen LogP contribution in [-0.2, 0) is 4.74 Å². The molecule has 3 heterocycles. The Hall–Kier alpha value is -1.89. The van der Waals surface area contributed by atoms with E-state index in [4.69, 9.17) is 9.26 Å². The lowest BCUT2D eigenvalue weighted by Gasteiger charge is -2.32. The summed E-state index contributed by atoms with van der Waals surface area (Å²) >= 11 is 1.58. The van der Waals surface area contributed by atoms with Gasteiger partial charge in [-0.1, -0.05) is 11.2 Å². The van der Waals surface area contributed by atoms with Gasteiger partial charge in [0.1, 0.15) is 5.60 Å². The van der Waals surface area contributed by atoms with E-state index < -0.39 is 5.60 Å². The van der Waals surface area contributed by atoms with Crippen molar-refractivity contribution in [2.45, 2.75) is 45.1 Å². The summed E-state index contributed by atoms with van der Waals surface area (Å²) in [7, 11) is 0. The zero-order valence-electron chi connectivity index (χ0n) is 13.6. The first-order valence-corrected chi connectivity index (χ1v) is 8.66. The molecule has 0 N–H and O–H groups in total. The molecule has 1 amide bonds. The average molecular weight is 335 g/mol. The Kier molecular flexibility index (Phi) is 4.39. The average Bonchev–Trinajstić information content (AvgIpc) is 3.17. The molecule has 3 rings (SSSR count). The van der Waals surface area contributed by atoms with E-state index in [0.29, 0.717) is 24.8 Å². The first-order valence-electron chi connectivity index (χ1n) is 7.78. The van der Waals surface area contributed by atoms with Crippen LogP contribution in [0, 0.1) is 0 Å². The minimum atomic E-state index is -0.485. The second-order valence-electron chi connectivity index (χ2n) is 6.70. The van der Waals surface area contributed by atoms with Crippen LogP contribution in [-0.4, -0.2) is 39.8 Å². The molecule has 0 saturated carbocycles. The third-order valence-corrected chi connectivity index (χ3v) is 4.47. The second-order valence-corrected chi connectivity index (χ2v) is 7.65. The topological polar surface area (TPSA) is 68.5 Å². The molecule has 0 aliphatic carbocycles. The number of hydrogen-bond donors (Lipinski definition) is 0. The van der Waals surface area contributed by atoms with E-state index in [1.807, 2.05) is 38.3 Å². The molecule has 0 bridgehead atoms. The summed E-state index contributed by atoms with van der Waals surface area (Å²) in [5.41, 5.74) is -0.485. The van der Waals surface area contributed by atoms with Crippen LogP contribution in [0.4, 0.5) is 4.79 Å². The van der Waals surface area contributed by atoms with Crippen LogP contribution < -0.4 is 0 Å². The number of piperidine rings is 1. The molecule has 23 heavy (non-hydrogen) atoms. The molecular weight excluding hydrogens is 314 g/mol. The lowest BCUT2D eigenvalue weighted by atomic mass is 9.98. The number of carbonyl (C=O) groups excluding carboxylic acids is 1. The summed E-state index contributed by atoms with van der Waals surface area (Å²) in [6, 6.07) is 3.92. The third-order valence-electron chi connectivity index (χ3n) is 3.61. The second kappa shape index (κ2) is 6.31. The number of thiophene rings is 1. The molecule has 2 aromatic rings. The van der Waals surface area contributed by atoms with Gasteiger partial charge in [0.25, 0.3) is 0 Å². The summed E-state index contributed by atoms with van der Waals surface area (Å²) < 4.78 is 10.9. The highest BCUT2D eigenvalue weighted by atomic mass is 32.1. The smallest absolute Gasteiger partial charge is 0.410 e. The first-order chi connectivity index (χ1) is 10.9. The van der Waals surface area contributed by atoms with Crippen LogP contribution in [0.2, 0.25) is 0 Å². The molecular formula is C16H21N3O3S. The maximum atomic E-state index is 12.2. The standard InChI is InChI=1S/C16H21N3O3S/c1-16(2,3)21-15(20)19-8-4-6-11(10-19)14-17-13(18-22-14)12-7-5-9-23-12/h5,7,9,11H,4,6,8,10H2,1-3H3. The predicted molar refractivity (Wildman–Crippen MR) is 87.4 cm³/mol. The van der Waals surface area contributed by atoms with Crippen LogP contribution in [0.15, 0.2) is 22.0 Å². The van der Waals surface area contributed by atoms with Crippen LogP contribution in [0.3, 0.4) is 0 Å². The van der Waals surface area contributed by atoms with Crippen molar-refractivity contribution in [3.8, 4) is 10.7 Å². The van der Waals surface area contributed by atoms with Gasteiger partial charge in [-0.3, -0.25) is 0 Å². The number of rotatable bonds is 2. The number of nitrogens with zero attached hydrogens (tertiary/aromatic N) is 3. The largest absolute Gasteiger partial charge is 0.444 e. The van der Waals surface area contributed by atoms with Gasteiger partial charge in [-0.25, -0.2) is 4.79 Å². The fraction of sp³-hybridized carbons (Fsp3) is 0.562. The van der Waals surface area contributed by atoms with Crippen LogP contribution in [0.1, 0.15) is 45.4 Å². The van der Waals surface area contributed by atoms with Gasteiger partial charge in [0.15, 0.2) is 0 Å². The Bertz CT molecular complexity index is 660. The van der Waals surface area contributed by atoms with Crippen molar-refractivity contribution in [1.29, 1.82) is 0 Å². The highest BCUT2D eigenvalue weighted by molar-refractivity contribution is 7.13. The highest BCUT2D eigenvalue weighted by Crippen LogP contribution is 2.29. The molecule has 1 atom stereocenters. The SMILES string of the molecule is CC(C)(C)OC(=O)N1CCCC(c2nc(-c3cccs3)no2)C1. The minimum absolute atomic E-state index is 0.0671. The van der Waals surface area contributed by atoms with Gasteiger partial charge in [-0.2, -0.15) is 4.98 Å². The van der Waals surface area contributed by atoms with Gasteiger partial charge < -0.3 is 14.2 Å². The van der Waals surface area contributed by atoms with Crippen molar-refractivity contribution in [2.75, 3.05) is 13.1 Å². The lowest BCUT2D eigenvalue weighted by Crippen LogP contribution is -2.42. The molecule has 1 aliphatic heterocycles. The number of carbonyl (C=O) groups is 1. The monoisotopic (exact) mass is 335 g/mol. The van der Waals surface area contributed by atoms with Crippen LogP contribution >= 0.6 is 11.3 Å². The number of hydrogen-bond acceptors (Lipinski definition) is 6. The normalized spacial score (nSPS) is 18.9. The van der Waals surface area contributed by atoms with Gasteiger partial charge in [-0.15, -0.1) is 11.3 Å². The zero-order valence-corrected chi connectivity index (χ0v) is 14.4. The number of amides is 1. The lowest BCUT2D eigenvalue weighted by molar-refractivity contribution is 0.0189. The van der Waals surface area contributed by atoms with E-state index in [9.17, 15) is 4.79 Å². The van der Waals surface area contributed by atoms with Gasteiger partial charge in [0, 0.05) is 13.1 Å². The molecule has 7 heteroatoms. The Labute approximate surface area is 139 Å². The van der Waals surface area contributed by atoms with Gasteiger partial charge in [0.05, 0.1) is 10.8 Å². The summed E-state index contributed by atoms with van der Waals surface area (Å²) in [4.78, 5) is 19.4. The number of likely N-dealkylation sites (tertiary alicyclic amines) is 1. The summed E-state index contributed by atoms with van der Waals surface area (Å²) in [5.74, 6) is 1.28. The zero-order chi connectivity index (χ0) is 16.4. The fourth-order valence-electron chi connectivity index (χ4n) is 2.58. The van der Waals surface area contributed by atoms with E-state index >= 15 is 0 Å². The summed E-state index contributed by atoms with van der Waals surface area (Å²) in [5, 5.41) is 6.04. The maximum absolute atomic E-state index is 12.2. The number of ether oxygens (including phenoxy) is 1. The maximum Gasteiger partial charge on any atom is 0.410 e. The predicted octanol–water partition coefficient (Wildman–Crippen LogP) is 3.91. The van der Waals surface area contributed by atoms with Crippen LogP contribution in [0.5, 0.6) is 0 Å². The molecule has 124 valence electrons. The van der Waals surface area contributed by atoms with Crippen LogP contribution in [0.25, 0.3) is 10.7 Å². The minimum Gasteiger partial charge on any atom is -0.444 e. The van der Waals surface area contributed by atoms with E-state index in [-0.39, 0.29) is 12.0 Å². The summed E-state index contributed by atoms with van der Waals surface area (Å²) in [6.45, 7) is 6.88. The molecule has 6 nitrogen and oxygen atoms in total. The molecule has 0 aromatic carbocycles. The molecule has 0 spiro atoms. The first kappa shape index (κ1) is 16.0. The summed E-state index contributed by atoms with van der Waals surface area (Å²) in [6.07, 6.45) is 1.56. The van der Waals surface area contributed by atoms with E-state index in [1.165, 1.54) is 0 Å². The Morgan fingerprint density at radius 1 is 1.48 bits per heavy atom. The molecule has 1 saturated heterocycles. The molecule has 1 unspecified atom stereocenters. The third kappa shape index (κ3) is 3.90.